The Morgan fingerprint density at radius 2 is 1.36 bits per heavy atom. The molecule has 0 atom stereocenters. The van der Waals surface area contributed by atoms with E-state index in [9.17, 15) is 19.2 Å². The Balaban J connectivity index is 2.05. The molecule has 0 radical (unpaired) electrons. The highest BCUT2D eigenvalue weighted by atomic mass is 35.5. The van der Waals surface area contributed by atoms with Gasteiger partial charge in [-0.05, 0) is 29.8 Å². The fourth-order valence-electron chi connectivity index (χ4n) is 4.00. The SMILES string of the molecule is Cn1c(-n2cccc2)c(-c2c(-c3ccc(Cl)cc3)[nH]c3c2c(=O)[nH]c(=O)n3C)c(=O)[nH]c1=O. The van der Waals surface area contributed by atoms with E-state index in [1.807, 2.05) is 0 Å². The van der Waals surface area contributed by atoms with Crippen LogP contribution in [0.3, 0.4) is 0 Å². The van der Waals surface area contributed by atoms with E-state index in [1.165, 1.54) is 23.2 Å². The van der Waals surface area contributed by atoms with Gasteiger partial charge in [-0.3, -0.25) is 28.7 Å². The van der Waals surface area contributed by atoms with Gasteiger partial charge in [-0.2, -0.15) is 0 Å². The number of halogens is 1. The van der Waals surface area contributed by atoms with Crippen LogP contribution in [0.2, 0.25) is 5.02 Å². The predicted octanol–water partition coefficient (Wildman–Crippen LogP) is 1.72. The highest BCUT2D eigenvalue weighted by Crippen LogP contribution is 2.37. The molecule has 1 aromatic carbocycles. The van der Waals surface area contributed by atoms with Gasteiger partial charge in [0.15, 0.2) is 0 Å². The van der Waals surface area contributed by atoms with Gasteiger partial charge in [0.05, 0.1) is 16.6 Å². The predicted molar refractivity (Wildman–Crippen MR) is 125 cm³/mol. The Morgan fingerprint density at radius 3 is 2.03 bits per heavy atom. The zero-order chi connectivity index (χ0) is 23.4. The van der Waals surface area contributed by atoms with Crippen LogP contribution in [0.15, 0.2) is 68.0 Å². The van der Waals surface area contributed by atoms with Crippen molar-refractivity contribution < 1.29 is 0 Å². The summed E-state index contributed by atoms with van der Waals surface area (Å²) in [6, 6.07) is 10.3. The molecule has 0 bridgehead atoms. The van der Waals surface area contributed by atoms with Gasteiger partial charge in [0.25, 0.3) is 11.1 Å². The Morgan fingerprint density at radius 1 is 0.758 bits per heavy atom. The summed E-state index contributed by atoms with van der Waals surface area (Å²) in [5.41, 5.74) is -0.925. The van der Waals surface area contributed by atoms with Gasteiger partial charge in [-0.25, -0.2) is 9.59 Å². The second-order valence-corrected chi connectivity index (χ2v) is 7.97. The van der Waals surface area contributed by atoms with Crippen LogP contribution >= 0.6 is 11.6 Å². The van der Waals surface area contributed by atoms with Gasteiger partial charge in [-0.1, -0.05) is 23.7 Å². The number of aromatic amines is 3. The lowest BCUT2D eigenvalue weighted by molar-refractivity contribution is 0.755. The van der Waals surface area contributed by atoms with E-state index in [1.54, 1.807) is 53.4 Å². The average Bonchev–Trinajstić information content (AvgIpc) is 3.43. The molecule has 0 unspecified atom stereocenters. The number of nitrogens with zero attached hydrogens (tertiary/aromatic N) is 3. The van der Waals surface area contributed by atoms with Gasteiger partial charge >= 0.3 is 11.4 Å². The first-order valence-corrected chi connectivity index (χ1v) is 10.2. The summed E-state index contributed by atoms with van der Waals surface area (Å²) in [6.45, 7) is 0. The first-order chi connectivity index (χ1) is 15.8. The van der Waals surface area contributed by atoms with Gasteiger partial charge < -0.3 is 9.55 Å². The molecule has 11 heteroatoms. The molecular weight excluding hydrogens is 448 g/mol. The van der Waals surface area contributed by atoms with Crippen molar-refractivity contribution >= 4 is 22.6 Å². The lowest BCUT2D eigenvalue weighted by Crippen LogP contribution is -2.33. The average molecular weight is 465 g/mol. The second kappa shape index (κ2) is 7.38. The first kappa shape index (κ1) is 20.6. The number of fused-ring (bicyclic) bond motifs is 1. The maximum atomic E-state index is 13.3. The Hall–Kier alpha value is -4.31. The second-order valence-electron chi connectivity index (χ2n) is 7.53. The van der Waals surface area contributed by atoms with Crippen LogP contribution in [-0.2, 0) is 14.1 Å². The van der Waals surface area contributed by atoms with Gasteiger partial charge in [0.2, 0.25) is 0 Å². The molecule has 0 saturated carbocycles. The molecule has 5 rings (SSSR count). The molecule has 4 aromatic heterocycles. The minimum atomic E-state index is -0.675. The van der Waals surface area contributed by atoms with E-state index in [0.717, 1.165) is 0 Å². The molecule has 0 spiro atoms. The van der Waals surface area contributed by atoms with Gasteiger partial charge in [-0.15, -0.1) is 0 Å². The van der Waals surface area contributed by atoms with Crippen molar-refractivity contribution in [3.8, 4) is 28.2 Å². The highest BCUT2D eigenvalue weighted by Gasteiger charge is 2.26. The Bertz CT molecular complexity index is 1770. The molecule has 0 aliphatic carbocycles. The molecule has 5 aromatic rings. The fourth-order valence-corrected chi connectivity index (χ4v) is 4.13. The third-order valence-corrected chi connectivity index (χ3v) is 5.85. The molecule has 0 fully saturated rings. The molecule has 3 N–H and O–H groups in total. The molecule has 166 valence electrons. The maximum absolute atomic E-state index is 13.3. The van der Waals surface area contributed by atoms with Crippen molar-refractivity contribution in [1.29, 1.82) is 0 Å². The van der Waals surface area contributed by atoms with E-state index in [2.05, 4.69) is 15.0 Å². The molecule has 4 heterocycles. The lowest BCUT2D eigenvalue weighted by atomic mass is 10.00. The molecule has 0 amide bonds. The monoisotopic (exact) mass is 464 g/mol. The van der Waals surface area contributed by atoms with E-state index in [-0.39, 0.29) is 28.0 Å². The Labute approximate surface area is 189 Å². The minimum Gasteiger partial charge on any atom is -0.340 e. The van der Waals surface area contributed by atoms with Crippen LogP contribution in [0.25, 0.3) is 39.2 Å². The summed E-state index contributed by atoms with van der Waals surface area (Å²) in [7, 11) is 3.03. The standard InChI is InChI=1S/C22H17ClN6O4/c1-27-17-14(18(30)25-21(27)32)13(16(24-17)11-5-7-12(23)8-6-11)15-19(31)26-22(33)28(2)20(15)29-9-3-4-10-29/h3-10,24H,1-2H3,(H,25,30,32)(H,26,31,33). The van der Waals surface area contributed by atoms with Crippen molar-refractivity contribution in [2.24, 2.45) is 14.1 Å². The third kappa shape index (κ3) is 3.11. The van der Waals surface area contributed by atoms with Crippen molar-refractivity contribution in [3.05, 3.63) is 95.5 Å². The van der Waals surface area contributed by atoms with Crippen LogP contribution in [0.4, 0.5) is 0 Å². The molecule has 0 aliphatic rings. The zero-order valence-electron chi connectivity index (χ0n) is 17.5. The van der Waals surface area contributed by atoms with E-state index in [0.29, 0.717) is 16.3 Å². The number of aromatic nitrogens is 6. The third-order valence-electron chi connectivity index (χ3n) is 5.59. The van der Waals surface area contributed by atoms with Crippen molar-refractivity contribution in [2.75, 3.05) is 0 Å². The summed E-state index contributed by atoms with van der Waals surface area (Å²) in [6.07, 6.45) is 3.38. The van der Waals surface area contributed by atoms with E-state index >= 15 is 0 Å². The number of hydrogen-bond donors (Lipinski definition) is 3. The van der Waals surface area contributed by atoms with Crippen molar-refractivity contribution in [2.45, 2.75) is 0 Å². The quantitative estimate of drug-likeness (QED) is 0.375. The van der Waals surface area contributed by atoms with E-state index in [4.69, 9.17) is 11.6 Å². The van der Waals surface area contributed by atoms with Crippen molar-refractivity contribution in [3.63, 3.8) is 0 Å². The Kier molecular flexibility index (Phi) is 4.61. The van der Waals surface area contributed by atoms with Crippen LogP contribution in [0, 0.1) is 0 Å². The molecule has 33 heavy (non-hydrogen) atoms. The van der Waals surface area contributed by atoms with E-state index < -0.39 is 22.5 Å². The number of hydrogen-bond acceptors (Lipinski definition) is 4. The number of rotatable bonds is 3. The molecule has 10 nitrogen and oxygen atoms in total. The summed E-state index contributed by atoms with van der Waals surface area (Å²) >= 11 is 6.06. The van der Waals surface area contributed by atoms with Crippen LogP contribution in [0.5, 0.6) is 0 Å². The van der Waals surface area contributed by atoms with Crippen LogP contribution < -0.4 is 22.5 Å². The number of benzene rings is 1. The lowest BCUT2D eigenvalue weighted by Gasteiger charge is -2.15. The molecule has 0 aliphatic heterocycles. The van der Waals surface area contributed by atoms with Crippen LogP contribution in [0.1, 0.15) is 0 Å². The summed E-state index contributed by atoms with van der Waals surface area (Å²) in [4.78, 5) is 58.7. The number of aryl methyl sites for hydroxylation is 1. The summed E-state index contributed by atoms with van der Waals surface area (Å²) < 4.78 is 4.16. The normalized spacial score (nSPS) is 11.4. The summed E-state index contributed by atoms with van der Waals surface area (Å²) in [5, 5.41) is 0.620. The molecular formula is C22H17ClN6O4. The summed E-state index contributed by atoms with van der Waals surface area (Å²) in [5.74, 6) is 0.262. The minimum absolute atomic E-state index is 0.0913. The number of H-pyrrole nitrogens is 3. The first-order valence-electron chi connectivity index (χ1n) is 9.86. The highest BCUT2D eigenvalue weighted by molar-refractivity contribution is 6.30. The topological polar surface area (TPSA) is 130 Å². The zero-order valence-corrected chi connectivity index (χ0v) is 18.2. The number of nitrogens with one attached hydrogen (secondary N) is 3. The van der Waals surface area contributed by atoms with Crippen molar-refractivity contribution in [1.82, 2.24) is 28.7 Å². The fraction of sp³-hybridized carbons (Fsp3) is 0.0909. The largest absolute Gasteiger partial charge is 0.340 e. The van der Waals surface area contributed by atoms with Gasteiger partial charge in [0.1, 0.15) is 11.5 Å². The smallest absolute Gasteiger partial charge is 0.329 e. The van der Waals surface area contributed by atoms with Gasteiger partial charge in [0, 0.05) is 37.1 Å². The maximum Gasteiger partial charge on any atom is 0.329 e. The molecule has 0 saturated heterocycles. The van der Waals surface area contributed by atoms with Crippen LogP contribution in [-0.4, -0.2) is 28.7 Å².